The zero-order chi connectivity index (χ0) is 13.8. The highest BCUT2D eigenvalue weighted by atomic mass is 16.4. The molecule has 2 unspecified atom stereocenters. The van der Waals surface area contributed by atoms with E-state index in [9.17, 15) is 9.90 Å². The molecule has 0 bridgehead atoms. The summed E-state index contributed by atoms with van der Waals surface area (Å²) in [4.78, 5) is 13.1. The van der Waals surface area contributed by atoms with Crippen LogP contribution in [0.1, 0.15) is 37.8 Å². The molecule has 4 heteroatoms. The molecule has 2 rings (SSSR count). The van der Waals surface area contributed by atoms with Gasteiger partial charge in [0.05, 0.1) is 0 Å². The van der Waals surface area contributed by atoms with Gasteiger partial charge in [0.1, 0.15) is 5.75 Å². The van der Waals surface area contributed by atoms with Crippen molar-refractivity contribution >= 4 is 5.97 Å². The van der Waals surface area contributed by atoms with Crippen molar-refractivity contribution in [3.63, 3.8) is 0 Å². The fourth-order valence-corrected chi connectivity index (χ4v) is 3.00. The number of carbonyl (C=O) groups is 1. The average Bonchev–Trinajstić information content (AvgIpc) is 2.80. The summed E-state index contributed by atoms with van der Waals surface area (Å²) in [5.41, 5.74) is 0.945. The van der Waals surface area contributed by atoms with Crippen LogP contribution in [0.25, 0.3) is 0 Å². The third-order valence-corrected chi connectivity index (χ3v) is 3.90. The minimum absolute atomic E-state index is 0.181. The maximum absolute atomic E-state index is 10.8. The molecule has 1 saturated heterocycles. The van der Waals surface area contributed by atoms with Gasteiger partial charge < -0.3 is 10.2 Å². The molecule has 4 nitrogen and oxygen atoms in total. The Hall–Kier alpha value is -1.55. The molecule has 1 aliphatic heterocycles. The van der Waals surface area contributed by atoms with Gasteiger partial charge in [-0.3, -0.25) is 9.69 Å². The lowest BCUT2D eigenvalue weighted by atomic mass is 10.0. The quantitative estimate of drug-likeness (QED) is 0.857. The second-order valence-corrected chi connectivity index (χ2v) is 5.23. The van der Waals surface area contributed by atoms with Crippen molar-refractivity contribution in [2.24, 2.45) is 5.92 Å². The molecule has 1 aromatic rings. The van der Waals surface area contributed by atoms with E-state index < -0.39 is 5.97 Å². The van der Waals surface area contributed by atoms with Crippen LogP contribution in [-0.4, -0.2) is 34.2 Å². The standard InChI is InChI=1S/C15H21NO3/c1-2-13(12-5-3-4-6-14(12)17)16-8-7-11(10-16)9-15(18)19/h3-6,11,13,17H,2,7-10H2,1H3,(H,18,19). The lowest BCUT2D eigenvalue weighted by Crippen LogP contribution is -2.26. The fraction of sp³-hybridized carbons (Fsp3) is 0.533. The van der Waals surface area contributed by atoms with Crippen LogP contribution in [0.2, 0.25) is 0 Å². The monoisotopic (exact) mass is 263 g/mol. The summed E-state index contributed by atoms with van der Waals surface area (Å²) in [5, 5.41) is 18.8. The highest BCUT2D eigenvalue weighted by Gasteiger charge is 2.30. The first-order valence-electron chi connectivity index (χ1n) is 6.85. The van der Waals surface area contributed by atoms with Gasteiger partial charge in [-0.25, -0.2) is 0 Å². The topological polar surface area (TPSA) is 60.8 Å². The van der Waals surface area contributed by atoms with Crippen LogP contribution < -0.4 is 0 Å². The molecule has 0 aromatic heterocycles. The van der Waals surface area contributed by atoms with E-state index in [1.54, 1.807) is 6.07 Å². The van der Waals surface area contributed by atoms with E-state index in [2.05, 4.69) is 11.8 Å². The molecule has 19 heavy (non-hydrogen) atoms. The Kier molecular flexibility index (Phi) is 4.43. The second-order valence-electron chi connectivity index (χ2n) is 5.23. The van der Waals surface area contributed by atoms with Gasteiger partial charge >= 0.3 is 5.97 Å². The minimum Gasteiger partial charge on any atom is -0.508 e. The van der Waals surface area contributed by atoms with Crippen LogP contribution in [0.3, 0.4) is 0 Å². The Morgan fingerprint density at radius 2 is 2.21 bits per heavy atom. The highest BCUT2D eigenvalue weighted by molar-refractivity contribution is 5.67. The van der Waals surface area contributed by atoms with Gasteiger partial charge in [-0.1, -0.05) is 25.1 Å². The molecular weight excluding hydrogens is 242 g/mol. The number of aliphatic carboxylic acids is 1. The summed E-state index contributed by atoms with van der Waals surface area (Å²) < 4.78 is 0. The summed E-state index contributed by atoms with van der Waals surface area (Å²) in [6, 6.07) is 7.60. The highest BCUT2D eigenvalue weighted by Crippen LogP contribution is 2.35. The van der Waals surface area contributed by atoms with Gasteiger partial charge in [-0.05, 0) is 31.4 Å². The number of likely N-dealkylation sites (tertiary alicyclic amines) is 1. The number of aromatic hydroxyl groups is 1. The van der Waals surface area contributed by atoms with Crippen LogP contribution >= 0.6 is 0 Å². The van der Waals surface area contributed by atoms with Crippen LogP contribution in [0.4, 0.5) is 0 Å². The van der Waals surface area contributed by atoms with Crippen molar-refractivity contribution in [3.8, 4) is 5.75 Å². The van der Waals surface area contributed by atoms with Gasteiger partial charge in [0, 0.05) is 24.6 Å². The Morgan fingerprint density at radius 3 is 2.84 bits per heavy atom. The smallest absolute Gasteiger partial charge is 0.303 e. The maximum atomic E-state index is 10.8. The van der Waals surface area contributed by atoms with Crippen molar-refractivity contribution in [1.82, 2.24) is 4.90 Å². The molecule has 1 heterocycles. The fourth-order valence-electron chi connectivity index (χ4n) is 3.00. The van der Waals surface area contributed by atoms with Crippen molar-refractivity contribution in [1.29, 1.82) is 0 Å². The molecular formula is C15H21NO3. The first-order valence-corrected chi connectivity index (χ1v) is 6.85. The van der Waals surface area contributed by atoms with E-state index in [0.29, 0.717) is 5.75 Å². The molecule has 1 aromatic carbocycles. The Labute approximate surface area is 113 Å². The Morgan fingerprint density at radius 1 is 1.47 bits per heavy atom. The molecule has 2 atom stereocenters. The normalized spacial score (nSPS) is 21.4. The summed E-state index contributed by atoms with van der Waals surface area (Å²) in [6.07, 6.45) is 2.08. The predicted molar refractivity (Wildman–Crippen MR) is 73.1 cm³/mol. The first kappa shape index (κ1) is 13.9. The molecule has 0 amide bonds. The van der Waals surface area contributed by atoms with Gasteiger partial charge in [-0.2, -0.15) is 0 Å². The summed E-state index contributed by atoms with van der Waals surface area (Å²) in [5.74, 6) is -0.157. The minimum atomic E-state index is -0.720. The number of rotatable bonds is 5. The Balaban J connectivity index is 2.08. The van der Waals surface area contributed by atoms with E-state index in [1.165, 1.54) is 0 Å². The molecule has 0 radical (unpaired) electrons. The van der Waals surface area contributed by atoms with Gasteiger partial charge in [-0.15, -0.1) is 0 Å². The van der Waals surface area contributed by atoms with Gasteiger partial charge in [0.25, 0.3) is 0 Å². The number of hydrogen-bond donors (Lipinski definition) is 2. The van der Waals surface area contributed by atoms with E-state index in [0.717, 1.165) is 31.5 Å². The average molecular weight is 263 g/mol. The van der Waals surface area contributed by atoms with Gasteiger partial charge in [0.15, 0.2) is 0 Å². The van der Waals surface area contributed by atoms with Crippen molar-refractivity contribution < 1.29 is 15.0 Å². The number of phenolic OH excluding ortho intramolecular Hbond substituents is 1. The van der Waals surface area contributed by atoms with E-state index >= 15 is 0 Å². The summed E-state index contributed by atoms with van der Waals surface area (Å²) >= 11 is 0. The third-order valence-electron chi connectivity index (χ3n) is 3.90. The van der Waals surface area contributed by atoms with Crippen LogP contribution in [0, 0.1) is 5.92 Å². The number of para-hydroxylation sites is 1. The van der Waals surface area contributed by atoms with E-state index in [4.69, 9.17) is 5.11 Å². The Bertz CT molecular complexity index is 447. The van der Waals surface area contributed by atoms with Crippen LogP contribution in [0.15, 0.2) is 24.3 Å². The number of carboxylic acid groups (broad SMARTS) is 1. The third kappa shape index (κ3) is 3.26. The number of phenols is 1. The van der Waals surface area contributed by atoms with E-state index in [-0.39, 0.29) is 18.4 Å². The second kappa shape index (κ2) is 6.06. The molecule has 0 aliphatic carbocycles. The molecule has 1 aliphatic rings. The summed E-state index contributed by atoms with van der Waals surface area (Å²) in [7, 11) is 0. The van der Waals surface area contributed by atoms with E-state index in [1.807, 2.05) is 18.2 Å². The summed E-state index contributed by atoms with van der Waals surface area (Å²) in [6.45, 7) is 3.81. The zero-order valence-electron chi connectivity index (χ0n) is 11.2. The number of nitrogens with zero attached hydrogens (tertiary/aromatic N) is 1. The molecule has 2 N–H and O–H groups in total. The lowest BCUT2D eigenvalue weighted by molar-refractivity contribution is -0.138. The zero-order valence-corrected chi connectivity index (χ0v) is 11.2. The molecule has 1 fully saturated rings. The molecule has 0 spiro atoms. The molecule has 104 valence electrons. The maximum Gasteiger partial charge on any atom is 0.303 e. The van der Waals surface area contributed by atoms with Crippen LogP contribution in [0.5, 0.6) is 5.75 Å². The van der Waals surface area contributed by atoms with Gasteiger partial charge in [0.2, 0.25) is 0 Å². The van der Waals surface area contributed by atoms with Crippen molar-refractivity contribution in [2.45, 2.75) is 32.2 Å². The predicted octanol–water partition coefficient (Wildman–Crippen LogP) is 2.64. The lowest BCUT2D eigenvalue weighted by Gasteiger charge is -2.27. The molecule has 0 saturated carbocycles. The van der Waals surface area contributed by atoms with Crippen molar-refractivity contribution in [2.75, 3.05) is 13.1 Å². The largest absolute Gasteiger partial charge is 0.508 e. The number of carboxylic acids is 1. The number of benzene rings is 1. The van der Waals surface area contributed by atoms with Crippen molar-refractivity contribution in [3.05, 3.63) is 29.8 Å². The van der Waals surface area contributed by atoms with Crippen LogP contribution in [-0.2, 0) is 4.79 Å². The SMILES string of the molecule is CCC(c1ccccc1O)N1CCC(CC(=O)O)C1. The first-order chi connectivity index (χ1) is 9.11. The number of hydrogen-bond acceptors (Lipinski definition) is 3.